The monoisotopic (exact) mass is 390 g/mol. The van der Waals surface area contributed by atoms with Crippen molar-refractivity contribution in [2.45, 2.75) is 33.7 Å². The Labute approximate surface area is 169 Å². The van der Waals surface area contributed by atoms with Gasteiger partial charge in [0.2, 0.25) is 0 Å². The number of nitriles is 1. The van der Waals surface area contributed by atoms with Crippen LogP contribution < -0.4 is 5.32 Å². The summed E-state index contributed by atoms with van der Waals surface area (Å²) in [5, 5.41) is 14.6. The average Bonchev–Trinajstić information content (AvgIpc) is 3.27. The summed E-state index contributed by atoms with van der Waals surface area (Å²) in [6.07, 6.45) is 2.68. The number of hydrogen-bond acceptors (Lipinski definition) is 4. The van der Waals surface area contributed by atoms with Gasteiger partial charge in [-0.1, -0.05) is 37.3 Å². The van der Waals surface area contributed by atoms with E-state index in [0.717, 1.165) is 41.2 Å². The Bertz CT molecular complexity index is 1050. The van der Waals surface area contributed by atoms with E-state index < -0.39 is 5.91 Å². The van der Waals surface area contributed by atoms with E-state index in [2.05, 4.69) is 21.8 Å². The number of nitrogens with zero attached hydrogens (tertiary/aromatic N) is 3. The molecule has 5 nitrogen and oxygen atoms in total. The summed E-state index contributed by atoms with van der Waals surface area (Å²) in [7, 11) is 0. The predicted octanol–water partition coefficient (Wildman–Crippen LogP) is 5.18. The van der Waals surface area contributed by atoms with Crippen molar-refractivity contribution >= 4 is 28.5 Å². The molecule has 0 aliphatic carbocycles. The maximum Gasteiger partial charge on any atom is 0.268 e. The van der Waals surface area contributed by atoms with Gasteiger partial charge < -0.3 is 4.57 Å². The molecule has 0 aliphatic rings. The number of rotatable bonds is 6. The molecule has 0 atom stereocenters. The summed E-state index contributed by atoms with van der Waals surface area (Å²) >= 11 is 1.34. The first-order valence-electron chi connectivity index (χ1n) is 9.14. The largest absolute Gasteiger partial charge is 0.349 e. The Morgan fingerprint density at radius 3 is 2.75 bits per heavy atom. The number of carbonyl (C=O) groups excluding carboxylic acids is 1. The van der Waals surface area contributed by atoms with Crippen molar-refractivity contribution in [3.8, 4) is 17.3 Å². The number of nitrogens with one attached hydrogen (secondary N) is 1. The number of aromatic nitrogens is 2. The Kier molecular flexibility index (Phi) is 6.07. The third-order valence-electron chi connectivity index (χ3n) is 4.52. The molecule has 28 heavy (non-hydrogen) atoms. The number of thiazole rings is 1. The van der Waals surface area contributed by atoms with Gasteiger partial charge in [0.1, 0.15) is 11.6 Å². The predicted molar refractivity (Wildman–Crippen MR) is 114 cm³/mol. The van der Waals surface area contributed by atoms with Gasteiger partial charge in [-0.05, 0) is 38.0 Å². The highest BCUT2D eigenvalue weighted by Gasteiger charge is 2.14. The molecule has 1 aromatic carbocycles. The molecule has 0 saturated heterocycles. The number of anilines is 1. The first kappa shape index (κ1) is 19.6. The van der Waals surface area contributed by atoms with Crippen LogP contribution in [-0.4, -0.2) is 15.5 Å². The average molecular weight is 391 g/mol. The lowest BCUT2D eigenvalue weighted by atomic mass is 10.1. The molecular formula is C22H22N4OS. The van der Waals surface area contributed by atoms with Crippen LogP contribution in [0.25, 0.3) is 17.3 Å². The zero-order valence-electron chi connectivity index (χ0n) is 16.2. The first-order chi connectivity index (χ1) is 13.5. The number of hydrogen-bond donors (Lipinski definition) is 1. The molecule has 0 spiro atoms. The lowest BCUT2D eigenvalue weighted by Gasteiger charge is -2.07. The Morgan fingerprint density at radius 2 is 2.07 bits per heavy atom. The fourth-order valence-electron chi connectivity index (χ4n) is 3.08. The van der Waals surface area contributed by atoms with Crippen LogP contribution in [0.3, 0.4) is 0 Å². The van der Waals surface area contributed by atoms with E-state index in [0.29, 0.717) is 5.13 Å². The minimum Gasteiger partial charge on any atom is -0.349 e. The van der Waals surface area contributed by atoms with Crippen LogP contribution in [0.5, 0.6) is 0 Å². The fourth-order valence-corrected chi connectivity index (χ4v) is 3.80. The SMILES string of the molecule is CCCn1c(C)cc(/C=C(\C#N)C(=O)Nc2nc(-c3ccccc3)cs2)c1C. The number of benzene rings is 1. The second-order valence-corrected chi connectivity index (χ2v) is 7.36. The van der Waals surface area contributed by atoms with Crippen LogP contribution in [-0.2, 0) is 11.3 Å². The number of carbonyl (C=O) groups is 1. The summed E-state index contributed by atoms with van der Waals surface area (Å²) in [6.45, 7) is 7.09. The topological polar surface area (TPSA) is 70.7 Å². The highest BCUT2D eigenvalue weighted by molar-refractivity contribution is 7.14. The van der Waals surface area contributed by atoms with Crippen LogP contribution in [0.1, 0.15) is 30.3 Å². The van der Waals surface area contributed by atoms with Crippen molar-refractivity contribution < 1.29 is 4.79 Å². The molecule has 0 bridgehead atoms. The number of amides is 1. The van der Waals surface area contributed by atoms with Gasteiger partial charge in [0.05, 0.1) is 5.69 Å². The van der Waals surface area contributed by atoms with E-state index in [1.807, 2.05) is 61.7 Å². The van der Waals surface area contributed by atoms with Gasteiger partial charge in [-0.2, -0.15) is 5.26 Å². The summed E-state index contributed by atoms with van der Waals surface area (Å²) in [4.78, 5) is 17.0. The quantitative estimate of drug-likeness (QED) is 0.465. The molecule has 0 fully saturated rings. The standard InChI is InChI=1S/C22H22N4OS/c1-4-10-26-15(2)11-18(16(26)3)12-19(13-23)21(27)25-22-24-20(14-28-22)17-8-6-5-7-9-17/h5-9,11-12,14H,4,10H2,1-3H3,(H,24,25,27)/b19-12+. The normalized spacial score (nSPS) is 11.3. The van der Waals surface area contributed by atoms with Gasteiger partial charge in [0.15, 0.2) is 5.13 Å². The second kappa shape index (κ2) is 8.68. The highest BCUT2D eigenvalue weighted by Crippen LogP contribution is 2.25. The molecule has 0 unspecified atom stereocenters. The lowest BCUT2D eigenvalue weighted by molar-refractivity contribution is -0.112. The van der Waals surface area contributed by atoms with Gasteiger partial charge in [0, 0.05) is 28.9 Å². The minimum atomic E-state index is -0.447. The van der Waals surface area contributed by atoms with E-state index in [1.165, 1.54) is 11.3 Å². The third kappa shape index (κ3) is 4.21. The van der Waals surface area contributed by atoms with E-state index >= 15 is 0 Å². The molecule has 2 aromatic heterocycles. The van der Waals surface area contributed by atoms with Crippen LogP contribution in [0.15, 0.2) is 47.4 Å². The Morgan fingerprint density at radius 1 is 1.32 bits per heavy atom. The lowest BCUT2D eigenvalue weighted by Crippen LogP contribution is -2.13. The molecule has 0 saturated carbocycles. The molecule has 0 radical (unpaired) electrons. The highest BCUT2D eigenvalue weighted by atomic mass is 32.1. The zero-order chi connectivity index (χ0) is 20.1. The van der Waals surface area contributed by atoms with Gasteiger partial charge >= 0.3 is 0 Å². The zero-order valence-corrected chi connectivity index (χ0v) is 17.0. The smallest absolute Gasteiger partial charge is 0.268 e. The van der Waals surface area contributed by atoms with Crippen molar-refractivity contribution in [2.75, 3.05) is 5.32 Å². The molecule has 3 rings (SSSR count). The van der Waals surface area contributed by atoms with Gasteiger partial charge in [0.25, 0.3) is 5.91 Å². The fraction of sp³-hybridized carbons (Fsp3) is 0.227. The van der Waals surface area contributed by atoms with Crippen LogP contribution in [0, 0.1) is 25.2 Å². The van der Waals surface area contributed by atoms with E-state index in [-0.39, 0.29) is 5.57 Å². The van der Waals surface area contributed by atoms with Crippen LogP contribution >= 0.6 is 11.3 Å². The third-order valence-corrected chi connectivity index (χ3v) is 5.28. The Hall–Kier alpha value is -3.17. The molecule has 1 N–H and O–H groups in total. The molecule has 1 amide bonds. The first-order valence-corrected chi connectivity index (χ1v) is 10.0. The molecule has 0 aliphatic heterocycles. The van der Waals surface area contributed by atoms with Gasteiger partial charge in [-0.25, -0.2) is 4.98 Å². The number of aryl methyl sites for hydroxylation is 1. The van der Waals surface area contributed by atoms with Crippen molar-refractivity contribution in [2.24, 2.45) is 0 Å². The van der Waals surface area contributed by atoms with Crippen molar-refractivity contribution in [1.29, 1.82) is 5.26 Å². The van der Waals surface area contributed by atoms with Crippen molar-refractivity contribution in [1.82, 2.24) is 9.55 Å². The maximum absolute atomic E-state index is 12.6. The van der Waals surface area contributed by atoms with E-state index in [4.69, 9.17) is 0 Å². The molecule has 2 heterocycles. The van der Waals surface area contributed by atoms with Crippen molar-refractivity contribution in [3.05, 3.63) is 64.3 Å². The Balaban J connectivity index is 1.80. The summed E-state index contributed by atoms with van der Waals surface area (Å²) < 4.78 is 2.20. The molecular weight excluding hydrogens is 368 g/mol. The molecule has 3 aromatic rings. The van der Waals surface area contributed by atoms with Crippen molar-refractivity contribution in [3.63, 3.8) is 0 Å². The van der Waals surface area contributed by atoms with E-state index in [9.17, 15) is 10.1 Å². The minimum absolute atomic E-state index is 0.0632. The van der Waals surface area contributed by atoms with Crippen LogP contribution in [0.2, 0.25) is 0 Å². The molecule has 142 valence electrons. The van der Waals surface area contributed by atoms with Gasteiger partial charge in [-0.15, -0.1) is 11.3 Å². The van der Waals surface area contributed by atoms with E-state index in [1.54, 1.807) is 6.08 Å². The summed E-state index contributed by atoms with van der Waals surface area (Å²) in [5.41, 5.74) is 4.91. The van der Waals surface area contributed by atoms with Crippen LogP contribution in [0.4, 0.5) is 5.13 Å². The molecule has 6 heteroatoms. The second-order valence-electron chi connectivity index (χ2n) is 6.51. The maximum atomic E-state index is 12.6. The summed E-state index contributed by atoms with van der Waals surface area (Å²) in [5.74, 6) is -0.447. The van der Waals surface area contributed by atoms with Gasteiger partial charge in [-0.3, -0.25) is 10.1 Å². The summed E-state index contributed by atoms with van der Waals surface area (Å²) in [6, 6.07) is 13.8.